The Morgan fingerprint density at radius 1 is 1.33 bits per heavy atom. The van der Waals surface area contributed by atoms with Crippen molar-refractivity contribution in [3.8, 4) is 0 Å². The smallest absolute Gasteiger partial charge is 0.0558 e. The van der Waals surface area contributed by atoms with E-state index in [1.54, 1.807) is 0 Å². The highest BCUT2D eigenvalue weighted by molar-refractivity contribution is 5.40. The molecule has 0 unspecified atom stereocenters. The van der Waals surface area contributed by atoms with E-state index in [9.17, 15) is 0 Å². The fourth-order valence-corrected chi connectivity index (χ4v) is 1.68. The van der Waals surface area contributed by atoms with Crippen LogP contribution in [-0.2, 0) is 6.54 Å². The Kier molecular flexibility index (Phi) is 5.15. The quantitative estimate of drug-likeness (QED) is 0.696. The van der Waals surface area contributed by atoms with Gasteiger partial charge >= 0.3 is 0 Å². The maximum Gasteiger partial charge on any atom is 0.0558 e. The Hall–Kier alpha value is -1.06. The second-order valence-corrected chi connectivity index (χ2v) is 3.74. The molecular formula is C12H20N2O. The lowest BCUT2D eigenvalue weighted by Gasteiger charge is -2.20. The third-order valence-corrected chi connectivity index (χ3v) is 2.31. The third-order valence-electron chi connectivity index (χ3n) is 2.31. The summed E-state index contributed by atoms with van der Waals surface area (Å²) in [4.78, 5) is 2.23. The maximum absolute atomic E-state index is 8.93. The zero-order chi connectivity index (χ0) is 11.1. The third kappa shape index (κ3) is 4.32. The SMILES string of the molecule is CCCN(CCO)Cc1cccc(N)c1. The first-order valence-electron chi connectivity index (χ1n) is 5.44. The lowest BCUT2D eigenvalue weighted by Crippen LogP contribution is -2.27. The molecular weight excluding hydrogens is 188 g/mol. The van der Waals surface area contributed by atoms with Crippen LogP contribution < -0.4 is 5.73 Å². The van der Waals surface area contributed by atoms with Crippen LogP contribution in [0.25, 0.3) is 0 Å². The Labute approximate surface area is 91.5 Å². The minimum atomic E-state index is 0.211. The standard InChI is InChI=1S/C12H20N2O/c1-2-6-14(7-8-15)10-11-4-3-5-12(13)9-11/h3-5,9,15H,2,6-8,10,13H2,1H3. The number of nitrogen functional groups attached to an aromatic ring is 1. The van der Waals surface area contributed by atoms with Crippen LogP contribution in [0.3, 0.4) is 0 Å². The highest BCUT2D eigenvalue weighted by Crippen LogP contribution is 2.09. The summed E-state index contributed by atoms with van der Waals surface area (Å²) in [6.45, 7) is 4.95. The summed E-state index contributed by atoms with van der Waals surface area (Å²) in [5, 5.41) is 8.93. The molecule has 0 atom stereocenters. The van der Waals surface area contributed by atoms with Gasteiger partial charge in [0.15, 0.2) is 0 Å². The van der Waals surface area contributed by atoms with Crippen molar-refractivity contribution in [2.75, 3.05) is 25.4 Å². The number of nitrogens with zero attached hydrogens (tertiary/aromatic N) is 1. The van der Waals surface area contributed by atoms with Gasteiger partial charge in [0, 0.05) is 18.8 Å². The summed E-state index contributed by atoms with van der Waals surface area (Å²) in [6.07, 6.45) is 1.10. The Bertz CT molecular complexity index is 283. The predicted molar refractivity (Wildman–Crippen MR) is 63.5 cm³/mol. The fourth-order valence-electron chi connectivity index (χ4n) is 1.68. The molecule has 1 aromatic rings. The Balaban J connectivity index is 2.56. The van der Waals surface area contributed by atoms with Crippen molar-refractivity contribution in [2.24, 2.45) is 0 Å². The van der Waals surface area contributed by atoms with Crippen LogP contribution in [0.4, 0.5) is 5.69 Å². The Morgan fingerprint density at radius 2 is 2.13 bits per heavy atom. The molecule has 0 saturated carbocycles. The molecule has 3 nitrogen and oxygen atoms in total. The first kappa shape index (κ1) is 12.0. The van der Waals surface area contributed by atoms with Crippen molar-refractivity contribution in [3.05, 3.63) is 29.8 Å². The van der Waals surface area contributed by atoms with Crippen molar-refractivity contribution in [1.29, 1.82) is 0 Å². The van der Waals surface area contributed by atoms with Crippen LogP contribution in [-0.4, -0.2) is 29.7 Å². The van der Waals surface area contributed by atoms with Gasteiger partial charge in [-0.2, -0.15) is 0 Å². The zero-order valence-electron chi connectivity index (χ0n) is 9.32. The molecule has 15 heavy (non-hydrogen) atoms. The van der Waals surface area contributed by atoms with Crippen LogP contribution in [0, 0.1) is 0 Å². The summed E-state index contributed by atoms with van der Waals surface area (Å²) in [6, 6.07) is 7.91. The van der Waals surface area contributed by atoms with Gasteiger partial charge in [0.2, 0.25) is 0 Å². The lowest BCUT2D eigenvalue weighted by molar-refractivity contribution is 0.190. The van der Waals surface area contributed by atoms with Crippen LogP contribution in [0.1, 0.15) is 18.9 Å². The van der Waals surface area contributed by atoms with E-state index >= 15 is 0 Å². The number of anilines is 1. The highest BCUT2D eigenvalue weighted by atomic mass is 16.3. The summed E-state index contributed by atoms with van der Waals surface area (Å²) < 4.78 is 0. The van der Waals surface area contributed by atoms with Gasteiger partial charge in [0.25, 0.3) is 0 Å². The lowest BCUT2D eigenvalue weighted by atomic mass is 10.2. The minimum Gasteiger partial charge on any atom is -0.399 e. The first-order chi connectivity index (χ1) is 7.26. The van der Waals surface area contributed by atoms with E-state index in [0.29, 0.717) is 0 Å². The molecule has 3 heteroatoms. The molecule has 0 amide bonds. The van der Waals surface area contributed by atoms with Crippen molar-refractivity contribution in [1.82, 2.24) is 4.90 Å². The highest BCUT2D eigenvalue weighted by Gasteiger charge is 2.03. The summed E-state index contributed by atoms with van der Waals surface area (Å²) >= 11 is 0. The summed E-state index contributed by atoms with van der Waals surface area (Å²) in [7, 11) is 0. The first-order valence-corrected chi connectivity index (χ1v) is 5.44. The number of rotatable bonds is 6. The molecule has 84 valence electrons. The molecule has 0 aromatic heterocycles. The molecule has 0 spiro atoms. The maximum atomic E-state index is 8.93. The summed E-state index contributed by atoms with van der Waals surface area (Å²) in [5.74, 6) is 0. The molecule has 0 radical (unpaired) electrons. The van der Waals surface area contributed by atoms with Gasteiger partial charge in [-0.3, -0.25) is 4.90 Å². The average Bonchev–Trinajstić information content (AvgIpc) is 2.18. The van der Waals surface area contributed by atoms with Gasteiger partial charge in [-0.25, -0.2) is 0 Å². The van der Waals surface area contributed by atoms with Crippen LogP contribution in [0.15, 0.2) is 24.3 Å². The van der Waals surface area contributed by atoms with E-state index in [1.807, 2.05) is 18.2 Å². The number of aliphatic hydroxyl groups is 1. The second kappa shape index (κ2) is 6.43. The number of benzene rings is 1. The number of nitrogens with two attached hydrogens (primary N) is 1. The summed E-state index contributed by atoms with van der Waals surface area (Å²) in [5.41, 5.74) is 7.72. The van der Waals surface area contributed by atoms with Gasteiger partial charge in [-0.05, 0) is 30.7 Å². The molecule has 0 saturated heterocycles. The molecule has 1 aromatic carbocycles. The van der Waals surface area contributed by atoms with Crippen molar-refractivity contribution in [2.45, 2.75) is 19.9 Å². The van der Waals surface area contributed by atoms with E-state index in [0.717, 1.165) is 31.7 Å². The van der Waals surface area contributed by atoms with Crippen LogP contribution in [0.2, 0.25) is 0 Å². The van der Waals surface area contributed by atoms with Crippen molar-refractivity contribution >= 4 is 5.69 Å². The van der Waals surface area contributed by atoms with E-state index in [-0.39, 0.29) is 6.61 Å². The topological polar surface area (TPSA) is 49.5 Å². The molecule has 3 N–H and O–H groups in total. The average molecular weight is 208 g/mol. The van der Waals surface area contributed by atoms with Gasteiger partial charge in [-0.1, -0.05) is 19.1 Å². The Morgan fingerprint density at radius 3 is 2.73 bits per heavy atom. The zero-order valence-corrected chi connectivity index (χ0v) is 9.32. The predicted octanol–water partition coefficient (Wildman–Crippen LogP) is 1.47. The largest absolute Gasteiger partial charge is 0.399 e. The van der Waals surface area contributed by atoms with Gasteiger partial charge in [0.1, 0.15) is 0 Å². The molecule has 0 aliphatic heterocycles. The molecule has 0 fully saturated rings. The van der Waals surface area contributed by atoms with E-state index in [1.165, 1.54) is 5.56 Å². The van der Waals surface area contributed by atoms with E-state index in [4.69, 9.17) is 10.8 Å². The van der Waals surface area contributed by atoms with Crippen LogP contribution >= 0.6 is 0 Å². The van der Waals surface area contributed by atoms with Crippen molar-refractivity contribution < 1.29 is 5.11 Å². The molecule has 0 heterocycles. The van der Waals surface area contributed by atoms with Gasteiger partial charge < -0.3 is 10.8 Å². The molecule has 1 rings (SSSR count). The minimum absolute atomic E-state index is 0.211. The van der Waals surface area contributed by atoms with E-state index < -0.39 is 0 Å². The monoisotopic (exact) mass is 208 g/mol. The molecule has 0 aliphatic carbocycles. The van der Waals surface area contributed by atoms with Gasteiger partial charge in [0.05, 0.1) is 6.61 Å². The van der Waals surface area contributed by atoms with Crippen LogP contribution in [0.5, 0.6) is 0 Å². The molecule has 0 bridgehead atoms. The second-order valence-electron chi connectivity index (χ2n) is 3.74. The van der Waals surface area contributed by atoms with Gasteiger partial charge in [-0.15, -0.1) is 0 Å². The number of hydrogen-bond donors (Lipinski definition) is 2. The van der Waals surface area contributed by atoms with Crippen molar-refractivity contribution in [3.63, 3.8) is 0 Å². The fraction of sp³-hybridized carbons (Fsp3) is 0.500. The van der Waals surface area contributed by atoms with E-state index in [2.05, 4.69) is 17.9 Å². The number of hydrogen-bond acceptors (Lipinski definition) is 3. The normalized spacial score (nSPS) is 10.9. The number of aliphatic hydroxyl groups excluding tert-OH is 1. The molecule has 0 aliphatic rings.